The van der Waals surface area contributed by atoms with Gasteiger partial charge in [0.2, 0.25) is 0 Å². The van der Waals surface area contributed by atoms with Crippen LogP contribution in [0.3, 0.4) is 0 Å². The summed E-state index contributed by atoms with van der Waals surface area (Å²) in [5.74, 6) is -1.36. The number of nitrogens with one attached hydrogen (secondary N) is 2. The lowest BCUT2D eigenvalue weighted by atomic mass is 10.2. The van der Waals surface area contributed by atoms with Crippen molar-refractivity contribution in [3.05, 3.63) is 84.2 Å². The van der Waals surface area contributed by atoms with E-state index in [1.807, 2.05) is 0 Å². The third kappa shape index (κ3) is 5.29. The highest BCUT2D eigenvalue weighted by Crippen LogP contribution is 2.26. The number of ether oxygens (including phenoxy) is 1. The van der Waals surface area contributed by atoms with E-state index < -0.39 is 28.4 Å². The van der Waals surface area contributed by atoms with E-state index in [1.54, 1.807) is 6.07 Å². The van der Waals surface area contributed by atoms with Crippen molar-refractivity contribution in [1.29, 1.82) is 0 Å². The molecule has 2 N–H and O–H groups in total. The molecule has 0 saturated heterocycles. The number of hydrogen-bond acceptors (Lipinski definition) is 4. The van der Waals surface area contributed by atoms with Crippen molar-refractivity contribution in [3.8, 4) is 5.75 Å². The van der Waals surface area contributed by atoms with Gasteiger partial charge in [-0.25, -0.2) is 12.8 Å². The van der Waals surface area contributed by atoms with Gasteiger partial charge in [-0.15, -0.1) is 0 Å². The maximum absolute atomic E-state index is 13.0. The summed E-state index contributed by atoms with van der Waals surface area (Å²) in [5.41, 5.74) is 0.396. The van der Waals surface area contributed by atoms with E-state index >= 15 is 0 Å². The van der Waals surface area contributed by atoms with Gasteiger partial charge in [-0.1, -0.05) is 12.1 Å². The first-order chi connectivity index (χ1) is 14.2. The topological polar surface area (TPSA) is 84.5 Å². The second-order valence-electron chi connectivity index (χ2n) is 5.97. The zero-order chi connectivity index (χ0) is 21.7. The third-order valence-electron chi connectivity index (χ3n) is 3.87. The van der Waals surface area contributed by atoms with Gasteiger partial charge in [0.15, 0.2) is 0 Å². The first-order valence-corrected chi connectivity index (χ1v) is 9.96. The highest BCUT2D eigenvalue weighted by molar-refractivity contribution is 7.92. The number of rotatable bonds is 7. The van der Waals surface area contributed by atoms with Crippen molar-refractivity contribution in [2.24, 2.45) is 0 Å². The molecule has 0 aliphatic carbocycles. The first-order valence-electron chi connectivity index (χ1n) is 8.48. The van der Waals surface area contributed by atoms with Crippen molar-refractivity contribution in [1.82, 2.24) is 0 Å². The van der Waals surface area contributed by atoms with Crippen LogP contribution in [0.4, 0.5) is 24.5 Å². The monoisotopic (exact) mass is 436 g/mol. The van der Waals surface area contributed by atoms with Gasteiger partial charge < -0.3 is 10.1 Å². The van der Waals surface area contributed by atoms with Gasteiger partial charge in [0.05, 0.1) is 10.6 Å². The lowest BCUT2D eigenvalue weighted by molar-refractivity contribution is -0.0493. The summed E-state index contributed by atoms with van der Waals surface area (Å²) in [6, 6.07) is 15.4. The van der Waals surface area contributed by atoms with E-state index in [1.165, 1.54) is 42.5 Å². The number of para-hydroxylation sites is 2. The van der Waals surface area contributed by atoms with Crippen LogP contribution in [0.1, 0.15) is 10.4 Å². The molecule has 1 amide bonds. The number of anilines is 2. The minimum Gasteiger partial charge on any atom is -0.433 e. The molecule has 0 saturated carbocycles. The molecule has 0 aromatic heterocycles. The summed E-state index contributed by atoms with van der Waals surface area (Å²) in [4.78, 5) is 12.2. The Morgan fingerprint density at radius 1 is 0.900 bits per heavy atom. The van der Waals surface area contributed by atoms with E-state index in [0.29, 0.717) is 0 Å². The van der Waals surface area contributed by atoms with E-state index in [0.717, 1.165) is 24.3 Å². The van der Waals surface area contributed by atoms with Gasteiger partial charge in [0, 0.05) is 11.3 Å². The zero-order valence-electron chi connectivity index (χ0n) is 15.2. The van der Waals surface area contributed by atoms with Crippen LogP contribution >= 0.6 is 0 Å². The van der Waals surface area contributed by atoms with Crippen LogP contribution in [-0.2, 0) is 10.0 Å². The molecule has 10 heteroatoms. The molecule has 0 radical (unpaired) electrons. The number of carbonyl (C=O) groups excluding carboxylic acids is 1. The zero-order valence-corrected chi connectivity index (χ0v) is 16.0. The quantitative estimate of drug-likeness (QED) is 0.572. The fourth-order valence-corrected chi connectivity index (χ4v) is 3.54. The first kappa shape index (κ1) is 21.2. The van der Waals surface area contributed by atoms with Gasteiger partial charge >= 0.3 is 6.61 Å². The Hall–Kier alpha value is -3.53. The van der Waals surface area contributed by atoms with Crippen LogP contribution in [0.5, 0.6) is 5.75 Å². The van der Waals surface area contributed by atoms with E-state index in [2.05, 4.69) is 14.8 Å². The average Bonchev–Trinajstić information content (AvgIpc) is 2.69. The van der Waals surface area contributed by atoms with Crippen LogP contribution in [0.25, 0.3) is 0 Å². The van der Waals surface area contributed by atoms with Crippen LogP contribution in [0.15, 0.2) is 77.7 Å². The number of halogens is 3. The number of carbonyl (C=O) groups is 1. The molecular formula is C20H15F3N2O4S. The molecule has 0 aliphatic rings. The molecule has 156 valence electrons. The predicted octanol–water partition coefficient (Wildman–Crippen LogP) is 4.48. The summed E-state index contributed by atoms with van der Waals surface area (Å²) < 4.78 is 69.2. The van der Waals surface area contributed by atoms with Crippen LogP contribution in [0.2, 0.25) is 0 Å². The van der Waals surface area contributed by atoms with Crippen molar-refractivity contribution in [2.45, 2.75) is 11.5 Å². The van der Waals surface area contributed by atoms with Crippen molar-refractivity contribution in [3.63, 3.8) is 0 Å². The number of amides is 1. The minimum atomic E-state index is -3.93. The summed E-state index contributed by atoms with van der Waals surface area (Å²) in [5, 5.41) is 2.46. The molecule has 0 spiro atoms. The fraction of sp³-hybridized carbons (Fsp3) is 0.0500. The summed E-state index contributed by atoms with van der Waals surface area (Å²) >= 11 is 0. The van der Waals surface area contributed by atoms with Crippen molar-refractivity contribution < 1.29 is 31.1 Å². The van der Waals surface area contributed by atoms with Crippen molar-refractivity contribution in [2.75, 3.05) is 10.0 Å². The Bertz CT molecular complexity index is 1140. The molecule has 6 nitrogen and oxygen atoms in total. The molecule has 3 aromatic carbocycles. The highest BCUT2D eigenvalue weighted by atomic mass is 32.2. The highest BCUT2D eigenvalue weighted by Gasteiger charge is 2.16. The number of alkyl halides is 2. The minimum absolute atomic E-state index is 0.0592. The Balaban J connectivity index is 1.71. The summed E-state index contributed by atoms with van der Waals surface area (Å²) in [7, 11) is -3.93. The van der Waals surface area contributed by atoms with Crippen LogP contribution in [-0.4, -0.2) is 20.9 Å². The van der Waals surface area contributed by atoms with Crippen LogP contribution in [0, 0.1) is 5.82 Å². The number of benzene rings is 3. The molecule has 3 rings (SSSR count). The second-order valence-corrected chi connectivity index (χ2v) is 7.65. The lowest BCUT2D eigenvalue weighted by Crippen LogP contribution is -2.15. The van der Waals surface area contributed by atoms with Gasteiger partial charge in [0.1, 0.15) is 11.6 Å². The Morgan fingerprint density at radius 2 is 1.53 bits per heavy atom. The van der Waals surface area contributed by atoms with Crippen molar-refractivity contribution >= 4 is 27.3 Å². The average molecular weight is 436 g/mol. The molecule has 0 aliphatic heterocycles. The fourth-order valence-electron chi connectivity index (χ4n) is 2.48. The standard InChI is InChI=1S/C20H15F3N2O4S/c21-14-7-11-16(12-8-14)30(27,28)25-15-9-5-13(6-10-15)19(26)24-17-3-1-2-4-18(17)29-20(22)23/h1-12,20,25H,(H,24,26). The molecule has 0 unspecified atom stereocenters. The largest absolute Gasteiger partial charge is 0.433 e. The second kappa shape index (κ2) is 8.87. The Morgan fingerprint density at radius 3 is 2.17 bits per heavy atom. The predicted molar refractivity (Wildman–Crippen MR) is 105 cm³/mol. The molecule has 0 heterocycles. The van der Waals surface area contributed by atoms with Gasteiger partial charge in [-0.2, -0.15) is 8.78 Å². The molecular weight excluding hydrogens is 421 g/mol. The molecule has 0 fully saturated rings. The van der Waals surface area contributed by atoms with E-state index in [9.17, 15) is 26.4 Å². The van der Waals surface area contributed by atoms with E-state index in [-0.39, 0.29) is 27.6 Å². The van der Waals surface area contributed by atoms with E-state index in [4.69, 9.17) is 0 Å². The SMILES string of the molecule is O=C(Nc1ccccc1OC(F)F)c1ccc(NS(=O)(=O)c2ccc(F)cc2)cc1. The Labute approximate surface area is 170 Å². The van der Waals surface area contributed by atoms with Crippen LogP contribution < -0.4 is 14.8 Å². The normalized spacial score (nSPS) is 11.2. The van der Waals surface area contributed by atoms with Gasteiger partial charge in [0.25, 0.3) is 15.9 Å². The Kier molecular flexibility index (Phi) is 6.26. The van der Waals surface area contributed by atoms with Gasteiger partial charge in [-0.05, 0) is 60.7 Å². The lowest BCUT2D eigenvalue weighted by Gasteiger charge is -2.12. The summed E-state index contributed by atoms with van der Waals surface area (Å²) in [6.45, 7) is -3.04. The maximum atomic E-state index is 13.0. The smallest absolute Gasteiger partial charge is 0.387 e. The molecule has 0 bridgehead atoms. The van der Waals surface area contributed by atoms with Gasteiger partial charge in [-0.3, -0.25) is 9.52 Å². The summed E-state index contributed by atoms with van der Waals surface area (Å²) in [6.07, 6.45) is 0. The number of sulfonamides is 1. The number of hydrogen-bond donors (Lipinski definition) is 2. The molecule has 30 heavy (non-hydrogen) atoms. The molecule has 3 aromatic rings. The third-order valence-corrected chi connectivity index (χ3v) is 5.27. The maximum Gasteiger partial charge on any atom is 0.387 e. The molecule has 0 atom stereocenters.